The zero-order valence-electron chi connectivity index (χ0n) is 20.5. The van der Waals surface area contributed by atoms with Crippen LogP contribution in [0.25, 0.3) is 16.6 Å². The van der Waals surface area contributed by atoms with E-state index in [0.29, 0.717) is 16.6 Å². The summed E-state index contributed by atoms with van der Waals surface area (Å²) in [6.07, 6.45) is 4.29. The Kier molecular flexibility index (Phi) is 6.51. The van der Waals surface area contributed by atoms with Crippen molar-refractivity contribution < 1.29 is 4.39 Å². The summed E-state index contributed by atoms with van der Waals surface area (Å²) in [5.74, 6) is -0.898. The maximum atomic E-state index is 13.9. The average molecular weight is 545 g/mol. The third-order valence-corrected chi connectivity index (χ3v) is 6.25. The van der Waals surface area contributed by atoms with Crippen molar-refractivity contribution in [3.8, 4) is 11.8 Å². The molecular formula is C26H18ClFN8O3. The predicted molar refractivity (Wildman–Crippen MR) is 142 cm³/mol. The second-order valence-electron chi connectivity index (χ2n) is 8.70. The number of aromatic nitrogens is 6. The van der Waals surface area contributed by atoms with Gasteiger partial charge in [0, 0.05) is 13.2 Å². The molecule has 5 aromatic rings. The molecule has 0 saturated heterocycles. The molecule has 0 bridgehead atoms. The highest BCUT2D eigenvalue weighted by atomic mass is 35.5. The number of nitriles is 1. The Bertz CT molecular complexity index is 2010. The van der Waals surface area contributed by atoms with Gasteiger partial charge in [-0.3, -0.25) is 14.3 Å². The molecule has 0 unspecified atom stereocenters. The molecule has 0 amide bonds. The minimum atomic E-state index is -0.891. The van der Waals surface area contributed by atoms with Gasteiger partial charge >= 0.3 is 11.4 Å². The van der Waals surface area contributed by atoms with Crippen molar-refractivity contribution in [1.82, 2.24) is 28.7 Å². The van der Waals surface area contributed by atoms with E-state index in [4.69, 9.17) is 11.6 Å². The highest BCUT2D eigenvalue weighted by molar-refractivity contribution is 6.34. The summed E-state index contributed by atoms with van der Waals surface area (Å²) in [7, 11) is 1.55. The van der Waals surface area contributed by atoms with Crippen LogP contribution in [-0.2, 0) is 13.6 Å². The van der Waals surface area contributed by atoms with Crippen LogP contribution in [0.1, 0.15) is 16.7 Å². The first kappa shape index (κ1) is 25.5. The van der Waals surface area contributed by atoms with Gasteiger partial charge in [-0.1, -0.05) is 17.7 Å². The third kappa shape index (κ3) is 4.78. The number of benzene rings is 2. The molecule has 3 heterocycles. The number of hydrogen-bond donors (Lipinski definition) is 1. The highest BCUT2D eigenvalue weighted by Crippen LogP contribution is 2.28. The lowest BCUT2D eigenvalue weighted by Gasteiger charge is -2.17. The van der Waals surface area contributed by atoms with Gasteiger partial charge in [-0.2, -0.15) is 10.2 Å². The molecule has 3 aromatic heterocycles. The van der Waals surface area contributed by atoms with E-state index in [1.165, 1.54) is 41.4 Å². The van der Waals surface area contributed by atoms with Crippen molar-refractivity contribution in [3.05, 3.63) is 114 Å². The fraction of sp³-hybridized carbons (Fsp3) is 0.115. The standard InChI is InChI=1S/C26H18ClFN8O3/c1-14-5-17(11-30-10-14)36-25(38)33-24(35(26(36)39)12-15-3-4-20(28)16(6-15)9-29)32-22-7-18-21(8-19(22)27)31-13-34(2)23(18)37/h3-8,10-11,13H,12H2,1-2H3,(H,32,33,38). The van der Waals surface area contributed by atoms with Gasteiger partial charge in [-0.25, -0.2) is 23.5 Å². The number of nitrogens with zero attached hydrogens (tertiary/aromatic N) is 7. The average Bonchev–Trinajstić information content (AvgIpc) is 2.90. The van der Waals surface area contributed by atoms with Crippen LogP contribution in [0.2, 0.25) is 5.02 Å². The van der Waals surface area contributed by atoms with Crippen LogP contribution in [0.4, 0.5) is 16.0 Å². The molecule has 39 heavy (non-hydrogen) atoms. The van der Waals surface area contributed by atoms with Crippen LogP contribution in [-0.4, -0.2) is 28.7 Å². The van der Waals surface area contributed by atoms with Crippen LogP contribution in [0.15, 0.2) is 69.5 Å². The first-order valence-corrected chi connectivity index (χ1v) is 11.8. The molecular weight excluding hydrogens is 527 g/mol. The third-order valence-electron chi connectivity index (χ3n) is 5.93. The van der Waals surface area contributed by atoms with E-state index >= 15 is 0 Å². The normalized spacial score (nSPS) is 10.9. The molecule has 11 nitrogen and oxygen atoms in total. The molecule has 0 spiro atoms. The van der Waals surface area contributed by atoms with Gasteiger partial charge < -0.3 is 9.88 Å². The quantitative estimate of drug-likeness (QED) is 0.356. The van der Waals surface area contributed by atoms with Crippen molar-refractivity contribution in [3.63, 3.8) is 0 Å². The summed E-state index contributed by atoms with van der Waals surface area (Å²) in [6, 6.07) is 10.1. The van der Waals surface area contributed by atoms with Gasteiger partial charge in [0.05, 0.1) is 51.9 Å². The van der Waals surface area contributed by atoms with E-state index in [1.807, 2.05) is 0 Å². The Morgan fingerprint density at radius 3 is 2.67 bits per heavy atom. The molecule has 0 aliphatic rings. The number of fused-ring (bicyclic) bond motifs is 1. The molecule has 1 N–H and O–H groups in total. The van der Waals surface area contributed by atoms with Crippen LogP contribution in [0.3, 0.4) is 0 Å². The zero-order chi connectivity index (χ0) is 27.8. The van der Waals surface area contributed by atoms with E-state index < -0.39 is 17.2 Å². The van der Waals surface area contributed by atoms with Crippen LogP contribution >= 0.6 is 11.6 Å². The second kappa shape index (κ2) is 9.96. The van der Waals surface area contributed by atoms with Gasteiger partial charge in [0.1, 0.15) is 11.9 Å². The highest BCUT2D eigenvalue weighted by Gasteiger charge is 2.18. The van der Waals surface area contributed by atoms with Gasteiger partial charge in [-0.15, -0.1) is 0 Å². The summed E-state index contributed by atoms with van der Waals surface area (Å²) >= 11 is 6.44. The van der Waals surface area contributed by atoms with Crippen molar-refractivity contribution in [2.45, 2.75) is 13.5 Å². The van der Waals surface area contributed by atoms with Gasteiger partial charge in [-0.05, 0) is 48.4 Å². The number of anilines is 2. The topological polar surface area (TPSA) is 140 Å². The van der Waals surface area contributed by atoms with Crippen molar-refractivity contribution >= 4 is 34.1 Å². The lowest BCUT2D eigenvalue weighted by atomic mass is 10.1. The summed E-state index contributed by atoms with van der Waals surface area (Å²) in [5.41, 5.74) is -0.341. The molecule has 2 aromatic carbocycles. The minimum absolute atomic E-state index is 0.157. The van der Waals surface area contributed by atoms with Gasteiger partial charge in [0.2, 0.25) is 5.95 Å². The summed E-state index contributed by atoms with van der Waals surface area (Å²) in [4.78, 5) is 51.8. The number of nitrogens with one attached hydrogen (secondary N) is 1. The number of rotatable bonds is 5. The van der Waals surface area contributed by atoms with Crippen LogP contribution in [0, 0.1) is 24.1 Å². The number of halogens is 2. The maximum Gasteiger partial charge on any atom is 0.359 e. The minimum Gasteiger partial charge on any atom is -0.324 e. The fourth-order valence-corrected chi connectivity index (χ4v) is 4.21. The summed E-state index contributed by atoms with van der Waals surface area (Å²) in [5, 5.41) is 12.5. The first-order chi connectivity index (χ1) is 18.7. The van der Waals surface area contributed by atoms with Crippen LogP contribution < -0.4 is 22.3 Å². The van der Waals surface area contributed by atoms with Crippen LogP contribution in [0.5, 0.6) is 0 Å². The van der Waals surface area contributed by atoms with E-state index in [2.05, 4.69) is 20.3 Å². The Morgan fingerprint density at radius 1 is 1.13 bits per heavy atom. The summed E-state index contributed by atoms with van der Waals surface area (Å²) in [6.45, 7) is 1.57. The smallest absolute Gasteiger partial charge is 0.324 e. The first-order valence-electron chi connectivity index (χ1n) is 11.4. The molecule has 13 heteroatoms. The molecule has 0 atom stereocenters. The monoisotopic (exact) mass is 544 g/mol. The van der Waals surface area contributed by atoms with Gasteiger partial charge in [0.25, 0.3) is 5.56 Å². The Morgan fingerprint density at radius 2 is 1.92 bits per heavy atom. The molecule has 5 rings (SSSR count). The Balaban J connectivity index is 1.71. The van der Waals surface area contributed by atoms with Crippen molar-refractivity contribution in [2.24, 2.45) is 7.05 Å². The molecule has 0 fully saturated rings. The lowest BCUT2D eigenvalue weighted by Crippen LogP contribution is -2.41. The number of aryl methyl sites for hydroxylation is 2. The number of hydrogen-bond acceptors (Lipinski definition) is 8. The Labute approximate surface area is 224 Å². The van der Waals surface area contributed by atoms with E-state index in [-0.39, 0.29) is 45.4 Å². The van der Waals surface area contributed by atoms with E-state index in [1.54, 1.807) is 32.3 Å². The molecule has 194 valence electrons. The number of pyridine rings is 1. The summed E-state index contributed by atoms with van der Waals surface area (Å²) < 4.78 is 17.2. The van der Waals surface area contributed by atoms with E-state index in [0.717, 1.165) is 15.2 Å². The Hall–Kier alpha value is -5.15. The molecule has 0 aliphatic heterocycles. The molecule has 0 aliphatic carbocycles. The molecule has 0 saturated carbocycles. The lowest BCUT2D eigenvalue weighted by molar-refractivity contribution is 0.620. The predicted octanol–water partition coefficient (Wildman–Crippen LogP) is 2.80. The SMILES string of the molecule is Cc1cncc(-n2c(=O)nc(Nc3cc4c(=O)n(C)cnc4cc3Cl)n(Cc3ccc(F)c(C#N)c3)c2=O)c1. The maximum absolute atomic E-state index is 13.9. The van der Waals surface area contributed by atoms with Gasteiger partial charge in [0.15, 0.2) is 0 Å². The molecule has 0 radical (unpaired) electrons. The van der Waals surface area contributed by atoms with E-state index in [9.17, 15) is 24.0 Å². The largest absolute Gasteiger partial charge is 0.359 e. The van der Waals surface area contributed by atoms with Crippen molar-refractivity contribution in [1.29, 1.82) is 5.26 Å². The fourth-order valence-electron chi connectivity index (χ4n) is 4.00. The second-order valence-corrected chi connectivity index (χ2v) is 9.11. The zero-order valence-corrected chi connectivity index (χ0v) is 21.3. The van der Waals surface area contributed by atoms with Crippen molar-refractivity contribution in [2.75, 3.05) is 5.32 Å².